The SMILES string of the molecule is NCCCNCc1cscn1. The molecule has 1 rings (SSSR count). The standard InChI is InChI=1S/C7H13N3S/c8-2-1-3-9-4-7-5-11-6-10-7/h5-6,9H,1-4,8H2. The fraction of sp³-hybridized carbons (Fsp3) is 0.571. The molecule has 62 valence electrons. The molecule has 0 aliphatic rings. The normalized spacial score (nSPS) is 10.3. The van der Waals surface area contributed by atoms with Crippen LogP contribution in [-0.4, -0.2) is 18.1 Å². The Morgan fingerprint density at radius 3 is 3.18 bits per heavy atom. The Balaban J connectivity index is 2.04. The van der Waals surface area contributed by atoms with Crippen LogP contribution in [0.4, 0.5) is 0 Å². The Kier molecular flexibility index (Phi) is 4.11. The van der Waals surface area contributed by atoms with E-state index in [1.54, 1.807) is 11.3 Å². The largest absolute Gasteiger partial charge is 0.330 e. The lowest BCUT2D eigenvalue weighted by Gasteiger charge is -1.99. The highest BCUT2D eigenvalue weighted by molar-refractivity contribution is 7.07. The quantitative estimate of drug-likeness (QED) is 0.637. The summed E-state index contributed by atoms with van der Waals surface area (Å²) in [5, 5.41) is 5.30. The molecule has 0 aliphatic carbocycles. The maximum atomic E-state index is 5.33. The van der Waals surface area contributed by atoms with E-state index in [-0.39, 0.29) is 0 Å². The van der Waals surface area contributed by atoms with Gasteiger partial charge in [0.05, 0.1) is 11.2 Å². The first-order valence-electron chi connectivity index (χ1n) is 3.71. The third-order valence-corrected chi connectivity index (χ3v) is 1.98. The van der Waals surface area contributed by atoms with Crippen LogP contribution in [0.3, 0.4) is 0 Å². The molecule has 0 bridgehead atoms. The van der Waals surface area contributed by atoms with Crippen molar-refractivity contribution >= 4 is 11.3 Å². The Hall–Kier alpha value is -0.450. The minimum absolute atomic E-state index is 0.754. The Labute approximate surface area is 70.6 Å². The Bertz CT molecular complexity index is 174. The molecule has 1 aromatic rings. The molecule has 0 saturated heterocycles. The van der Waals surface area contributed by atoms with E-state index in [4.69, 9.17) is 5.73 Å². The lowest BCUT2D eigenvalue weighted by Crippen LogP contribution is -2.17. The van der Waals surface area contributed by atoms with E-state index in [1.807, 2.05) is 5.51 Å². The van der Waals surface area contributed by atoms with Crippen LogP contribution < -0.4 is 11.1 Å². The molecule has 0 unspecified atom stereocenters. The lowest BCUT2D eigenvalue weighted by atomic mass is 10.4. The molecule has 0 amide bonds. The van der Waals surface area contributed by atoms with Crippen molar-refractivity contribution in [3.8, 4) is 0 Å². The molecule has 0 fully saturated rings. The summed E-state index contributed by atoms with van der Waals surface area (Å²) in [6.07, 6.45) is 1.03. The molecule has 0 aromatic carbocycles. The molecule has 11 heavy (non-hydrogen) atoms. The van der Waals surface area contributed by atoms with E-state index in [1.165, 1.54) is 0 Å². The van der Waals surface area contributed by atoms with Gasteiger partial charge >= 0.3 is 0 Å². The van der Waals surface area contributed by atoms with Crippen molar-refractivity contribution in [2.24, 2.45) is 5.73 Å². The van der Waals surface area contributed by atoms with Gasteiger partial charge in [0.25, 0.3) is 0 Å². The van der Waals surface area contributed by atoms with Crippen molar-refractivity contribution in [1.29, 1.82) is 0 Å². The van der Waals surface area contributed by atoms with Crippen LogP contribution in [0.25, 0.3) is 0 Å². The van der Waals surface area contributed by atoms with Gasteiger partial charge in [-0.25, -0.2) is 4.98 Å². The van der Waals surface area contributed by atoms with Crippen LogP contribution >= 0.6 is 11.3 Å². The van der Waals surface area contributed by atoms with E-state index in [0.29, 0.717) is 0 Å². The van der Waals surface area contributed by atoms with Crippen molar-refractivity contribution in [2.45, 2.75) is 13.0 Å². The van der Waals surface area contributed by atoms with E-state index in [9.17, 15) is 0 Å². The molecule has 0 radical (unpaired) electrons. The highest BCUT2D eigenvalue weighted by Gasteiger charge is 1.91. The summed E-state index contributed by atoms with van der Waals surface area (Å²) in [7, 11) is 0. The summed E-state index contributed by atoms with van der Waals surface area (Å²) < 4.78 is 0. The van der Waals surface area contributed by atoms with Crippen LogP contribution in [0.15, 0.2) is 10.9 Å². The summed E-state index contributed by atoms with van der Waals surface area (Å²) in [5.41, 5.74) is 8.30. The predicted octanol–water partition coefficient (Wildman–Crippen LogP) is 0.582. The second kappa shape index (κ2) is 5.23. The number of nitrogens with one attached hydrogen (secondary N) is 1. The zero-order valence-electron chi connectivity index (χ0n) is 6.42. The number of nitrogens with zero attached hydrogens (tertiary/aromatic N) is 1. The Morgan fingerprint density at radius 1 is 1.64 bits per heavy atom. The number of aromatic nitrogens is 1. The maximum absolute atomic E-state index is 5.33. The third-order valence-electron chi connectivity index (χ3n) is 1.35. The van der Waals surface area contributed by atoms with E-state index < -0.39 is 0 Å². The first-order chi connectivity index (χ1) is 5.43. The van der Waals surface area contributed by atoms with Gasteiger partial charge in [-0.05, 0) is 19.5 Å². The number of rotatable bonds is 5. The van der Waals surface area contributed by atoms with Gasteiger partial charge in [-0.2, -0.15) is 0 Å². The Morgan fingerprint density at radius 2 is 2.55 bits per heavy atom. The third kappa shape index (κ3) is 3.46. The lowest BCUT2D eigenvalue weighted by molar-refractivity contribution is 0.648. The minimum atomic E-state index is 0.754. The minimum Gasteiger partial charge on any atom is -0.330 e. The molecule has 0 atom stereocenters. The van der Waals surface area contributed by atoms with Crippen LogP contribution in [-0.2, 0) is 6.54 Å². The fourth-order valence-electron chi connectivity index (χ4n) is 0.768. The van der Waals surface area contributed by atoms with Crippen LogP contribution in [0.2, 0.25) is 0 Å². The first-order valence-corrected chi connectivity index (χ1v) is 4.65. The average molecular weight is 171 g/mol. The highest BCUT2D eigenvalue weighted by Crippen LogP contribution is 1.99. The highest BCUT2D eigenvalue weighted by atomic mass is 32.1. The van der Waals surface area contributed by atoms with Gasteiger partial charge in [-0.15, -0.1) is 11.3 Å². The fourth-order valence-corrected chi connectivity index (χ4v) is 1.33. The molecular weight excluding hydrogens is 158 g/mol. The molecule has 4 heteroatoms. The van der Waals surface area contributed by atoms with E-state index in [0.717, 1.165) is 31.7 Å². The van der Waals surface area contributed by atoms with E-state index >= 15 is 0 Å². The van der Waals surface area contributed by atoms with Gasteiger partial charge < -0.3 is 11.1 Å². The second-order valence-corrected chi connectivity index (χ2v) is 3.02. The number of nitrogens with two attached hydrogens (primary N) is 1. The molecule has 0 saturated carbocycles. The molecule has 0 aliphatic heterocycles. The topological polar surface area (TPSA) is 50.9 Å². The molecule has 0 spiro atoms. The second-order valence-electron chi connectivity index (χ2n) is 2.30. The van der Waals surface area contributed by atoms with Crippen LogP contribution in [0, 0.1) is 0 Å². The monoisotopic (exact) mass is 171 g/mol. The van der Waals surface area contributed by atoms with Crippen LogP contribution in [0.5, 0.6) is 0 Å². The zero-order chi connectivity index (χ0) is 7.94. The zero-order valence-corrected chi connectivity index (χ0v) is 7.23. The molecular formula is C7H13N3S. The summed E-state index contributed by atoms with van der Waals surface area (Å²) in [5.74, 6) is 0. The van der Waals surface area contributed by atoms with Crippen molar-refractivity contribution in [3.63, 3.8) is 0 Å². The van der Waals surface area contributed by atoms with Gasteiger partial charge in [0.1, 0.15) is 0 Å². The van der Waals surface area contributed by atoms with Crippen molar-refractivity contribution in [3.05, 3.63) is 16.6 Å². The van der Waals surface area contributed by atoms with Gasteiger partial charge in [-0.3, -0.25) is 0 Å². The van der Waals surface area contributed by atoms with E-state index in [2.05, 4.69) is 15.7 Å². The maximum Gasteiger partial charge on any atom is 0.0795 e. The smallest absolute Gasteiger partial charge is 0.0795 e. The number of hydrogen-bond acceptors (Lipinski definition) is 4. The molecule has 1 heterocycles. The average Bonchev–Trinajstić information content (AvgIpc) is 2.50. The van der Waals surface area contributed by atoms with Gasteiger partial charge in [0.15, 0.2) is 0 Å². The van der Waals surface area contributed by atoms with Crippen LogP contribution in [0.1, 0.15) is 12.1 Å². The number of hydrogen-bond donors (Lipinski definition) is 2. The number of thiazole rings is 1. The predicted molar refractivity (Wildman–Crippen MR) is 47.5 cm³/mol. The van der Waals surface area contributed by atoms with Gasteiger partial charge in [0, 0.05) is 11.9 Å². The summed E-state index contributed by atoms with van der Waals surface area (Å²) >= 11 is 1.63. The summed E-state index contributed by atoms with van der Waals surface area (Å²) in [6, 6.07) is 0. The van der Waals surface area contributed by atoms with Crippen molar-refractivity contribution < 1.29 is 0 Å². The van der Waals surface area contributed by atoms with Crippen molar-refractivity contribution in [1.82, 2.24) is 10.3 Å². The summed E-state index contributed by atoms with van der Waals surface area (Å²) in [6.45, 7) is 2.60. The molecule has 3 nitrogen and oxygen atoms in total. The molecule has 1 aromatic heterocycles. The summed E-state index contributed by atoms with van der Waals surface area (Å²) in [4.78, 5) is 4.14. The van der Waals surface area contributed by atoms with Gasteiger partial charge in [-0.1, -0.05) is 0 Å². The van der Waals surface area contributed by atoms with Crippen molar-refractivity contribution in [2.75, 3.05) is 13.1 Å². The molecule has 3 N–H and O–H groups in total. The first kappa shape index (κ1) is 8.64. The van der Waals surface area contributed by atoms with Gasteiger partial charge in [0.2, 0.25) is 0 Å².